The summed E-state index contributed by atoms with van der Waals surface area (Å²) in [6.07, 6.45) is 21.2. The molecule has 1 atom stereocenters. The molecule has 0 N–H and O–H groups in total. The highest BCUT2D eigenvalue weighted by molar-refractivity contribution is 5.58. The highest BCUT2D eigenvalue weighted by atomic mass is 15.2. The minimum Gasteiger partial charge on any atom is -0.359 e. The molecule has 0 aromatic heterocycles. The molecule has 0 spiro atoms. The van der Waals surface area contributed by atoms with E-state index in [-0.39, 0.29) is 0 Å². The third-order valence-corrected chi connectivity index (χ3v) is 3.63. The standard InChI is InChI=1S/C17H19N/c1-13(2)18-15-9-7-6-8-14(12-15)16-10-4-3-5-11-17(16)18/h3-4,6-13,15H,5H2,1-2H3. The first-order valence-electron chi connectivity index (χ1n) is 6.70. The van der Waals surface area contributed by atoms with Gasteiger partial charge in [0.2, 0.25) is 0 Å². The topological polar surface area (TPSA) is 3.24 Å². The summed E-state index contributed by atoms with van der Waals surface area (Å²) in [6, 6.07) is 0.889. The van der Waals surface area contributed by atoms with Gasteiger partial charge in [0.05, 0.1) is 6.04 Å². The van der Waals surface area contributed by atoms with Crippen LogP contribution in [0.2, 0.25) is 0 Å². The molecule has 0 radical (unpaired) electrons. The lowest BCUT2D eigenvalue weighted by atomic mass is 9.92. The van der Waals surface area contributed by atoms with Crippen LogP contribution in [0.5, 0.6) is 0 Å². The molecule has 92 valence electrons. The summed E-state index contributed by atoms with van der Waals surface area (Å²) in [7, 11) is 0. The van der Waals surface area contributed by atoms with Crippen molar-refractivity contribution in [3.8, 4) is 0 Å². The number of hydrogen-bond donors (Lipinski definition) is 0. The number of fused-ring (bicyclic) bond motifs is 3. The molecule has 1 unspecified atom stereocenters. The Bertz CT molecular complexity index is 524. The minimum atomic E-state index is 0.386. The Morgan fingerprint density at radius 1 is 1.22 bits per heavy atom. The summed E-state index contributed by atoms with van der Waals surface area (Å²) < 4.78 is 0. The van der Waals surface area contributed by atoms with E-state index in [0.717, 1.165) is 6.42 Å². The summed E-state index contributed by atoms with van der Waals surface area (Å²) in [5, 5.41) is 0. The molecule has 18 heavy (non-hydrogen) atoms. The summed E-state index contributed by atoms with van der Waals surface area (Å²) in [4.78, 5) is 2.51. The average molecular weight is 237 g/mol. The highest BCUT2D eigenvalue weighted by Crippen LogP contribution is 2.36. The summed E-state index contributed by atoms with van der Waals surface area (Å²) in [5.74, 6) is 0. The Labute approximate surface area is 109 Å². The maximum absolute atomic E-state index is 2.51. The van der Waals surface area contributed by atoms with Crippen molar-refractivity contribution < 1.29 is 0 Å². The van der Waals surface area contributed by atoms with Crippen molar-refractivity contribution in [3.63, 3.8) is 0 Å². The Morgan fingerprint density at radius 2 is 2.11 bits per heavy atom. The number of hydrogen-bond acceptors (Lipinski definition) is 1. The Kier molecular flexibility index (Phi) is 2.83. The number of allylic oxidation sites excluding steroid dienone is 8. The predicted octanol–water partition coefficient (Wildman–Crippen LogP) is 3.90. The molecule has 1 heterocycles. The Balaban J connectivity index is 2.16. The zero-order valence-corrected chi connectivity index (χ0v) is 11.0. The van der Waals surface area contributed by atoms with Gasteiger partial charge in [0.15, 0.2) is 0 Å². The van der Waals surface area contributed by atoms with Gasteiger partial charge in [-0.25, -0.2) is 0 Å². The van der Waals surface area contributed by atoms with Gasteiger partial charge >= 0.3 is 0 Å². The van der Waals surface area contributed by atoms with Gasteiger partial charge in [0.25, 0.3) is 0 Å². The van der Waals surface area contributed by atoms with E-state index < -0.39 is 0 Å². The van der Waals surface area contributed by atoms with Gasteiger partial charge in [-0.3, -0.25) is 0 Å². The first-order chi connectivity index (χ1) is 8.77. The summed E-state index contributed by atoms with van der Waals surface area (Å²) in [5.41, 5.74) is 4.09. The number of rotatable bonds is 1. The van der Waals surface area contributed by atoms with E-state index in [4.69, 9.17) is 0 Å². The molecule has 1 heteroatoms. The third kappa shape index (κ3) is 1.80. The van der Waals surface area contributed by atoms with E-state index in [9.17, 15) is 0 Å². The maximum atomic E-state index is 2.51. The van der Waals surface area contributed by atoms with Gasteiger partial charge < -0.3 is 4.90 Å². The zero-order valence-electron chi connectivity index (χ0n) is 11.0. The van der Waals surface area contributed by atoms with Crippen LogP contribution in [0.3, 0.4) is 0 Å². The van der Waals surface area contributed by atoms with Gasteiger partial charge in [-0.05, 0) is 25.8 Å². The average Bonchev–Trinajstić information content (AvgIpc) is 2.69. The van der Waals surface area contributed by atoms with E-state index in [2.05, 4.69) is 73.4 Å². The molecule has 3 aliphatic rings. The first kappa shape index (κ1) is 11.3. The lowest BCUT2D eigenvalue weighted by molar-refractivity contribution is 0.268. The minimum absolute atomic E-state index is 0.386. The van der Waals surface area contributed by atoms with E-state index >= 15 is 0 Å². The van der Waals surface area contributed by atoms with Crippen molar-refractivity contribution in [1.29, 1.82) is 0 Å². The van der Waals surface area contributed by atoms with Crippen molar-refractivity contribution in [3.05, 3.63) is 71.5 Å². The van der Waals surface area contributed by atoms with Crippen LogP contribution >= 0.6 is 0 Å². The van der Waals surface area contributed by atoms with Crippen molar-refractivity contribution >= 4 is 0 Å². The van der Waals surface area contributed by atoms with Gasteiger partial charge in [-0.1, -0.05) is 54.7 Å². The molecular formula is C17H19N. The molecule has 0 aromatic rings. The second-order valence-corrected chi connectivity index (χ2v) is 5.19. The molecule has 0 saturated heterocycles. The molecule has 1 nitrogen and oxygen atoms in total. The van der Waals surface area contributed by atoms with Crippen LogP contribution in [0, 0.1) is 0 Å². The van der Waals surface area contributed by atoms with Crippen LogP contribution in [0.15, 0.2) is 71.5 Å². The molecule has 1 aliphatic heterocycles. The monoisotopic (exact) mass is 237 g/mol. The van der Waals surface area contributed by atoms with Gasteiger partial charge in [0.1, 0.15) is 0 Å². The van der Waals surface area contributed by atoms with Crippen LogP contribution < -0.4 is 0 Å². The van der Waals surface area contributed by atoms with Crippen LogP contribution in [0.4, 0.5) is 0 Å². The Morgan fingerprint density at radius 3 is 2.94 bits per heavy atom. The molecule has 0 saturated carbocycles. The van der Waals surface area contributed by atoms with Gasteiger partial charge in [0, 0.05) is 17.3 Å². The van der Waals surface area contributed by atoms with Crippen molar-refractivity contribution in [1.82, 2.24) is 4.90 Å². The lowest BCUT2D eigenvalue weighted by Gasteiger charge is -2.40. The van der Waals surface area contributed by atoms with Crippen molar-refractivity contribution in [2.75, 3.05) is 0 Å². The molecule has 2 bridgehead atoms. The fourth-order valence-electron chi connectivity index (χ4n) is 2.87. The predicted molar refractivity (Wildman–Crippen MR) is 77.0 cm³/mol. The third-order valence-electron chi connectivity index (χ3n) is 3.63. The van der Waals surface area contributed by atoms with E-state index in [1.54, 1.807) is 0 Å². The van der Waals surface area contributed by atoms with Gasteiger partial charge in [-0.15, -0.1) is 0 Å². The molecule has 0 amide bonds. The maximum Gasteiger partial charge on any atom is 0.0672 e. The lowest BCUT2D eigenvalue weighted by Crippen LogP contribution is -2.40. The first-order valence-corrected chi connectivity index (χ1v) is 6.70. The van der Waals surface area contributed by atoms with Crippen LogP contribution in [-0.2, 0) is 0 Å². The fraction of sp³-hybridized carbons (Fsp3) is 0.294. The van der Waals surface area contributed by atoms with Crippen LogP contribution in [0.1, 0.15) is 20.3 Å². The molecule has 3 rings (SSSR count). The van der Waals surface area contributed by atoms with E-state index in [0.29, 0.717) is 12.1 Å². The summed E-state index contributed by atoms with van der Waals surface area (Å²) in [6.45, 7) is 4.53. The van der Waals surface area contributed by atoms with Crippen molar-refractivity contribution in [2.24, 2.45) is 0 Å². The molecular weight excluding hydrogens is 218 g/mol. The quantitative estimate of drug-likeness (QED) is 0.668. The Hall–Kier alpha value is -1.76. The molecule has 0 aromatic carbocycles. The molecule has 2 aliphatic carbocycles. The van der Waals surface area contributed by atoms with Crippen LogP contribution in [-0.4, -0.2) is 17.0 Å². The SMILES string of the molecule is CC(C)N1C2=CCC=CC=C2C2=CC1C=CC=C2. The smallest absolute Gasteiger partial charge is 0.0672 e. The van der Waals surface area contributed by atoms with Gasteiger partial charge in [-0.2, -0.15) is 0 Å². The van der Waals surface area contributed by atoms with E-state index in [1.165, 1.54) is 16.8 Å². The largest absolute Gasteiger partial charge is 0.359 e. The highest BCUT2D eigenvalue weighted by Gasteiger charge is 2.28. The number of nitrogens with zero attached hydrogens (tertiary/aromatic N) is 1. The van der Waals surface area contributed by atoms with Crippen molar-refractivity contribution in [2.45, 2.75) is 32.4 Å². The zero-order chi connectivity index (χ0) is 12.5. The molecule has 0 fully saturated rings. The second kappa shape index (κ2) is 4.49. The normalized spacial score (nSPS) is 25.2. The fourth-order valence-corrected chi connectivity index (χ4v) is 2.87. The summed E-state index contributed by atoms with van der Waals surface area (Å²) >= 11 is 0. The second-order valence-electron chi connectivity index (χ2n) is 5.19. The van der Waals surface area contributed by atoms with E-state index in [1.807, 2.05) is 0 Å². The van der Waals surface area contributed by atoms with Crippen LogP contribution in [0.25, 0.3) is 0 Å².